The summed E-state index contributed by atoms with van der Waals surface area (Å²) >= 11 is 0. The van der Waals surface area contributed by atoms with Crippen molar-refractivity contribution in [3.63, 3.8) is 0 Å². The largest absolute Gasteiger partial charge is 0.382 e. The summed E-state index contributed by atoms with van der Waals surface area (Å²) in [5, 5.41) is 11.3. The van der Waals surface area contributed by atoms with E-state index in [9.17, 15) is 9.59 Å². The number of pyridine rings is 1. The van der Waals surface area contributed by atoms with Crippen molar-refractivity contribution in [3.05, 3.63) is 112 Å². The van der Waals surface area contributed by atoms with E-state index in [-0.39, 0.29) is 17.1 Å². The standard InChI is InChI=1S/C29H23N9O2/c1-18(33-28(39)26-27(30)35-23-12-7-15-31-38(23)26)25-24(20-8-4-3-5-9-20)29(40)37-21(10-6-11-22(37)34-25)14-13-19-16-32-36(2)17-19/h3-12,15-18H,30H2,1-2H3,(H,33,39)/t18-/m0/s1. The van der Waals surface area contributed by atoms with Gasteiger partial charge in [-0.15, -0.1) is 0 Å². The Morgan fingerprint density at radius 3 is 2.55 bits per heavy atom. The molecule has 0 bridgehead atoms. The normalized spacial score (nSPS) is 11.8. The van der Waals surface area contributed by atoms with Crippen LogP contribution in [0.15, 0.2) is 84.0 Å². The van der Waals surface area contributed by atoms with Gasteiger partial charge in [-0.1, -0.05) is 42.3 Å². The van der Waals surface area contributed by atoms with Crippen LogP contribution in [0.3, 0.4) is 0 Å². The Morgan fingerprint density at radius 1 is 0.975 bits per heavy atom. The van der Waals surface area contributed by atoms with Gasteiger partial charge in [0.1, 0.15) is 11.3 Å². The first-order valence-corrected chi connectivity index (χ1v) is 12.4. The minimum Gasteiger partial charge on any atom is -0.382 e. The van der Waals surface area contributed by atoms with Gasteiger partial charge in [-0.2, -0.15) is 10.2 Å². The Hall–Kier alpha value is -5.76. The second-order valence-corrected chi connectivity index (χ2v) is 9.13. The summed E-state index contributed by atoms with van der Waals surface area (Å²) in [6.45, 7) is 1.77. The molecule has 0 aliphatic carbocycles. The Labute approximate surface area is 227 Å². The van der Waals surface area contributed by atoms with E-state index in [4.69, 9.17) is 10.7 Å². The first kappa shape index (κ1) is 24.6. The van der Waals surface area contributed by atoms with Crippen LogP contribution in [0, 0.1) is 11.8 Å². The first-order valence-electron chi connectivity index (χ1n) is 12.4. The number of carbonyl (C=O) groups excluding carboxylic acids is 1. The third-order valence-corrected chi connectivity index (χ3v) is 6.37. The van der Waals surface area contributed by atoms with Crippen LogP contribution in [0.1, 0.15) is 40.4 Å². The highest BCUT2D eigenvalue weighted by Crippen LogP contribution is 2.25. The molecular formula is C29H23N9O2. The van der Waals surface area contributed by atoms with E-state index in [1.54, 1.807) is 60.5 Å². The summed E-state index contributed by atoms with van der Waals surface area (Å²) in [4.78, 5) is 36.5. The highest BCUT2D eigenvalue weighted by Gasteiger charge is 2.25. The lowest BCUT2D eigenvalue weighted by Crippen LogP contribution is -2.32. The van der Waals surface area contributed by atoms with Crippen LogP contribution < -0.4 is 16.6 Å². The van der Waals surface area contributed by atoms with Crippen molar-refractivity contribution < 1.29 is 4.79 Å². The van der Waals surface area contributed by atoms with Crippen LogP contribution in [0.2, 0.25) is 0 Å². The molecule has 0 unspecified atom stereocenters. The number of hydrogen-bond donors (Lipinski definition) is 2. The van der Waals surface area contributed by atoms with Crippen molar-refractivity contribution in [3.8, 4) is 23.0 Å². The molecule has 0 aliphatic rings. The molecule has 5 heterocycles. The number of nitrogens with two attached hydrogens (primary N) is 1. The molecule has 6 aromatic rings. The van der Waals surface area contributed by atoms with Crippen molar-refractivity contribution in [1.29, 1.82) is 0 Å². The molecular weight excluding hydrogens is 506 g/mol. The quantitative estimate of drug-likeness (QED) is 0.335. The highest BCUT2D eigenvalue weighted by atomic mass is 16.2. The van der Waals surface area contributed by atoms with Gasteiger partial charge < -0.3 is 11.1 Å². The number of nitrogens with zero attached hydrogens (tertiary/aromatic N) is 7. The monoisotopic (exact) mass is 529 g/mol. The van der Waals surface area contributed by atoms with Gasteiger partial charge in [-0.05, 0) is 42.7 Å². The molecule has 1 amide bonds. The third-order valence-electron chi connectivity index (χ3n) is 6.37. The third kappa shape index (κ3) is 4.33. The number of carbonyl (C=O) groups is 1. The van der Waals surface area contributed by atoms with Gasteiger partial charge in [-0.25, -0.2) is 14.5 Å². The maximum atomic E-state index is 14.1. The van der Waals surface area contributed by atoms with Crippen molar-refractivity contribution in [2.45, 2.75) is 13.0 Å². The van der Waals surface area contributed by atoms with E-state index in [1.807, 2.05) is 37.4 Å². The van der Waals surface area contributed by atoms with Crippen molar-refractivity contribution in [2.24, 2.45) is 7.05 Å². The molecule has 0 fully saturated rings. The Bertz CT molecular complexity index is 2030. The molecule has 3 N–H and O–H groups in total. The average molecular weight is 530 g/mol. The molecule has 1 atom stereocenters. The van der Waals surface area contributed by atoms with E-state index < -0.39 is 11.9 Å². The lowest BCUT2D eigenvalue weighted by molar-refractivity contribution is 0.0933. The minimum atomic E-state index is -0.667. The molecule has 0 saturated heterocycles. The highest BCUT2D eigenvalue weighted by molar-refractivity contribution is 5.98. The number of anilines is 1. The zero-order chi connectivity index (χ0) is 27.8. The fourth-order valence-electron chi connectivity index (χ4n) is 4.56. The lowest BCUT2D eigenvalue weighted by Gasteiger charge is -2.18. The first-order chi connectivity index (χ1) is 19.4. The number of nitrogens with one attached hydrogen (secondary N) is 1. The number of aryl methyl sites for hydroxylation is 1. The number of amides is 1. The predicted octanol–water partition coefficient (Wildman–Crippen LogP) is 2.61. The van der Waals surface area contributed by atoms with Crippen LogP contribution in [0.25, 0.3) is 22.4 Å². The second kappa shape index (κ2) is 9.85. The summed E-state index contributed by atoms with van der Waals surface area (Å²) in [6.07, 6.45) is 4.99. The molecule has 196 valence electrons. The van der Waals surface area contributed by atoms with Gasteiger partial charge in [0.2, 0.25) is 0 Å². The summed E-state index contributed by atoms with van der Waals surface area (Å²) in [6, 6.07) is 17.2. The molecule has 11 heteroatoms. The van der Waals surface area contributed by atoms with Crippen LogP contribution in [0.5, 0.6) is 0 Å². The van der Waals surface area contributed by atoms with E-state index >= 15 is 0 Å². The molecule has 0 radical (unpaired) electrons. The molecule has 0 saturated carbocycles. The molecule has 0 aliphatic heterocycles. The van der Waals surface area contributed by atoms with Gasteiger partial charge >= 0.3 is 0 Å². The fourth-order valence-corrected chi connectivity index (χ4v) is 4.56. The second-order valence-electron chi connectivity index (χ2n) is 9.13. The van der Waals surface area contributed by atoms with Gasteiger partial charge in [0.05, 0.1) is 29.1 Å². The Kier molecular flexibility index (Phi) is 6.05. The van der Waals surface area contributed by atoms with Crippen molar-refractivity contribution in [1.82, 2.24) is 39.1 Å². The van der Waals surface area contributed by atoms with Gasteiger partial charge in [0.15, 0.2) is 17.2 Å². The molecule has 6 rings (SSSR count). The molecule has 1 aromatic carbocycles. The zero-order valence-electron chi connectivity index (χ0n) is 21.6. The summed E-state index contributed by atoms with van der Waals surface area (Å²) in [7, 11) is 1.81. The lowest BCUT2D eigenvalue weighted by atomic mass is 10.0. The average Bonchev–Trinajstić information content (AvgIpc) is 3.53. The Balaban J connectivity index is 1.48. The maximum Gasteiger partial charge on any atom is 0.274 e. The van der Waals surface area contributed by atoms with Crippen molar-refractivity contribution >= 4 is 23.0 Å². The SMILES string of the molecule is C[C@H](NC(=O)c1c(N)nc2cccnn12)c1nc2cccc(C#Cc3cnn(C)c3)n2c(=O)c1-c1ccccc1. The minimum absolute atomic E-state index is 0.0510. The number of rotatable bonds is 4. The Morgan fingerprint density at radius 2 is 1.77 bits per heavy atom. The number of nitrogen functional groups attached to an aromatic ring is 1. The van der Waals surface area contributed by atoms with Crippen molar-refractivity contribution in [2.75, 3.05) is 5.73 Å². The predicted molar refractivity (Wildman–Crippen MR) is 149 cm³/mol. The number of benzene rings is 1. The van der Waals surface area contributed by atoms with E-state index in [0.717, 1.165) is 5.56 Å². The van der Waals surface area contributed by atoms with Crippen LogP contribution in [-0.4, -0.2) is 39.7 Å². The fraction of sp³-hybridized carbons (Fsp3) is 0.103. The smallest absolute Gasteiger partial charge is 0.274 e. The zero-order valence-corrected chi connectivity index (χ0v) is 21.6. The van der Waals surface area contributed by atoms with Crippen LogP contribution in [-0.2, 0) is 7.05 Å². The summed E-state index contributed by atoms with van der Waals surface area (Å²) in [5.41, 5.74) is 9.32. The van der Waals surface area contributed by atoms with Gasteiger partial charge in [-0.3, -0.25) is 18.7 Å². The number of hydrogen-bond acceptors (Lipinski definition) is 7. The molecule has 5 aromatic heterocycles. The van der Waals surface area contributed by atoms with E-state index in [1.165, 1.54) is 8.92 Å². The van der Waals surface area contributed by atoms with E-state index in [0.29, 0.717) is 33.8 Å². The number of imidazole rings is 1. The van der Waals surface area contributed by atoms with Crippen LogP contribution >= 0.6 is 0 Å². The topological polar surface area (TPSA) is 138 Å². The molecule has 40 heavy (non-hydrogen) atoms. The van der Waals surface area contributed by atoms with Crippen LogP contribution in [0.4, 0.5) is 5.82 Å². The maximum absolute atomic E-state index is 14.1. The van der Waals surface area contributed by atoms with Gasteiger partial charge in [0, 0.05) is 19.4 Å². The van der Waals surface area contributed by atoms with E-state index in [2.05, 4.69) is 32.3 Å². The number of fused-ring (bicyclic) bond motifs is 2. The molecule has 0 spiro atoms. The molecule has 11 nitrogen and oxygen atoms in total. The number of aromatic nitrogens is 7. The summed E-state index contributed by atoms with van der Waals surface area (Å²) < 4.78 is 4.52. The summed E-state index contributed by atoms with van der Waals surface area (Å²) in [5.74, 6) is 5.69. The van der Waals surface area contributed by atoms with Gasteiger partial charge in [0.25, 0.3) is 11.5 Å².